The Bertz CT molecular complexity index is 476. The van der Waals surface area contributed by atoms with Crippen molar-refractivity contribution in [1.82, 2.24) is 10.6 Å². The van der Waals surface area contributed by atoms with Crippen molar-refractivity contribution < 1.29 is 18.7 Å². The lowest BCUT2D eigenvalue weighted by Gasteiger charge is -2.23. The highest BCUT2D eigenvalue weighted by atomic mass is 19.1. The Morgan fingerprint density at radius 1 is 1.43 bits per heavy atom. The molecule has 116 valence electrons. The van der Waals surface area contributed by atoms with E-state index in [9.17, 15) is 9.18 Å². The molecule has 6 heteroatoms. The van der Waals surface area contributed by atoms with Crippen molar-refractivity contribution in [2.45, 2.75) is 25.4 Å². The number of ether oxygens (including phenoxy) is 2. The van der Waals surface area contributed by atoms with Crippen LogP contribution in [-0.2, 0) is 16.1 Å². The van der Waals surface area contributed by atoms with E-state index >= 15 is 0 Å². The van der Waals surface area contributed by atoms with E-state index in [1.807, 2.05) is 0 Å². The smallest absolute Gasteiger partial charge is 0.258 e. The highest BCUT2D eigenvalue weighted by Crippen LogP contribution is 2.18. The second-order valence-corrected chi connectivity index (χ2v) is 5.04. The fourth-order valence-corrected chi connectivity index (χ4v) is 2.23. The van der Waals surface area contributed by atoms with Gasteiger partial charge in [-0.1, -0.05) is 6.07 Å². The van der Waals surface area contributed by atoms with Crippen LogP contribution < -0.4 is 15.4 Å². The van der Waals surface area contributed by atoms with E-state index in [4.69, 9.17) is 9.47 Å². The molecule has 2 N–H and O–H groups in total. The van der Waals surface area contributed by atoms with Crippen molar-refractivity contribution >= 4 is 5.91 Å². The highest BCUT2D eigenvalue weighted by molar-refractivity contribution is 5.77. The maximum absolute atomic E-state index is 13.8. The molecule has 21 heavy (non-hydrogen) atoms. The third-order valence-corrected chi connectivity index (χ3v) is 3.32. The zero-order valence-corrected chi connectivity index (χ0v) is 12.2. The first-order chi connectivity index (χ1) is 10.2. The van der Waals surface area contributed by atoms with Crippen molar-refractivity contribution in [1.29, 1.82) is 0 Å². The zero-order valence-electron chi connectivity index (χ0n) is 12.2. The second kappa shape index (κ2) is 7.95. The Hall–Kier alpha value is -1.66. The summed E-state index contributed by atoms with van der Waals surface area (Å²) in [6.07, 6.45) is 1.61. The van der Waals surface area contributed by atoms with Crippen LogP contribution in [0.25, 0.3) is 0 Å². The van der Waals surface area contributed by atoms with Crippen LogP contribution in [0.2, 0.25) is 0 Å². The second-order valence-electron chi connectivity index (χ2n) is 5.04. The molecule has 1 fully saturated rings. The topological polar surface area (TPSA) is 59.6 Å². The van der Waals surface area contributed by atoms with Gasteiger partial charge in [0.2, 0.25) is 0 Å². The van der Waals surface area contributed by atoms with Gasteiger partial charge in [0.1, 0.15) is 0 Å². The zero-order chi connectivity index (χ0) is 15.1. The molecule has 1 saturated heterocycles. The molecule has 0 unspecified atom stereocenters. The van der Waals surface area contributed by atoms with Gasteiger partial charge in [-0.25, -0.2) is 4.39 Å². The number of carbonyl (C=O) groups excluding carboxylic acids is 1. The van der Waals surface area contributed by atoms with Crippen LogP contribution in [-0.4, -0.2) is 38.8 Å². The molecule has 0 aliphatic carbocycles. The fraction of sp³-hybridized carbons (Fsp3) is 0.533. The summed E-state index contributed by atoms with van der Waals surface area (Å²) in [5.74, 6) is -0.598. The molecule has 1 heterocycles. The number of carbonyl (C=O) groups is 1. The lowest BCUT2D eigenvalue weighted by molar-refractivity contribution is -0.124. The molecule has 0 radical (unpaired) electrons. The average molecular weight is 296 g/mol. The van der Waals surface area contributed by atoms with Gasteiger partial charge in [0, 0.05) is 25.8 Å². The van der Waals surface area contributed by atoms with Crippen LogP contribution >= 0.6 is 0 Å². The molecule has 0 saturated carbocycles. The van der Waals surface area contributed by atoms with Crippen molar-refractivity contribution in [2.24, 2.45) is 0 Å². The molecule has 0 spiro atoms. The fourth-order valence-electron chi connectivity index (χ4n) is 2.23. The van der Waals surface area contributed by atoms with E-state index in [1.54, 1.807) is 19.2 Å². The van der Waals surface area contributed by atoms with Gasteiger partial charge in [-0.15, -0.1) is 0 Å². The number of amides is 1. The molecule has 1 aromatic carbocycles. The molecule has 0 bridgehead atoms. The van der Waals surface area contributed by atoms with E-state index in [2.05, 4.69) is 10.6 Å². The van der Waals surface area contributed by atoms with Crippen LogP contribution in [0.15, 0.2) is 18.2 Å². The molecule has 1 aromatic rings. The summed E-state index contributed by atoms with van der Waals surface area (Å²) in [6.45, 7) is 1.72. The summed E-state index contributed by atoms with van der Waals surface area (Å²) in [6, 6.07) is 4.84. The van der Waals surface area contributed by atoms with E-state index in [0.717, 1.165) is 18.4 Å². The SMILES string of the molecule is CNCc1ccc(OCC(=O)NC2CCOCC2)c(F)c1. The number of rotatable bonds is 6. The lowest BCUT2D eigenvalue weighted by Crippen LogP contribution is -2.41. The summed E-state index contributed by atoms with van der Waals surface area (Å²) >= 11 is 0. The Kier molecular flexibility index (Phi) is 5.95. The Morgan fingerprint density at radius 3 is 2.86 bits per heavy atom. The molecule has 1 aliphatic rings. The van der Waals surface area contributed by atoms with Crippen molar-refractivity contribution in [3.63, 3.8) is 0 Å². The first-order valence-corrected chi connectivity index (χ1v) is 7.12. The molecule has 0 aromatic heterocycles. The lowest BCUT2D eigenvalue weighted by atomic mass is 10.1. The van der Waals surface area contributed by atoms with Crippen LogP contribution in [0.4, 0.5) is 4.39 Å². The van der Waals surface area contributed by atoms with Gasteiger partial charge in [0.05, 0.1) is 0 Å². The van der Waals surface area contributed by atoms with Crippen LogP contribution in [0.3, 0.4) is 0 Å². The minimum atomic E-state index is -0.457. The van der Waals surface area contributed by atoms with Crippen molar-refractivity contribution in [2.75, 3.05) is 26.9 Å². The van der Waals surface area contributed by atoms with E-state index in [1.165, 1.54) is 6.07 Å². The summed E-state index contributed by atoms with van der Waals surface area (Å²) in [5.41, 5.74) is 0.828. The van der Waals surface area contributed by atoms with Crippen LogP contribution in [0.1, 0.15) is 18.4 Å². The normalized spacial score (nSPS) is 15.7. The molecular weight excluding hydrogens is 275 g/mol. The molecule has 1 aliphatic heterocycles. The number of benzene rings is 1. The van der Waals surface area contributed by atoms with Gasteiger partial charge in [-0.2, -0.15) is 0 Å². The van der Waals surface area contributed by atoms with Gasteiger partial charge in [-0.3, -0.25) is 4.79 Å². The largest absolute Gasteiger partial charge is 0.481 e. The van der Waals surface area contributed by atoms with Gasteiger partial charge in [0.25, 0.3) is 5.91 Å². The monoisotopic (exact) mass is 296 g/mol. The molecule has 5 nitrogen and oxygen atoms in total. The Balaban J connectivity index is 1.80. The predicted octanol–water partition coefficient (Wildman–Crippen LogP) is 1.22. The third-order valence-electron chi connectivity index (χ3n) is 3.32. The molecule has 2 rings (SSSR count). The standard InChI is InChI=1S/C15H21FN2O3/c1-17-9-11-2-3-14(13(16)8-11)21-10-15(19)18-12-4-6-20-7-5-12/h2-3,8,12,17H,4-7,9-10H2,1H3,(H,18,19). The number of halogens is 1. The summed E-state index contributed by atoms with van der Waals surface area (Å²) in [4.78, 5) is 11.8. The number of hydrogen-bond donors (Lipinski definition) is 2. The van der Waals surface area contributed by atoms with Crippen molar-refractivity contribution in [3.05, 3.63) is 29.6 Å². The minimum absolute atomic E-state index is 0.0944. The maximum Gasteiger partial charge on any atom is 0.258 e. The molecule has 0 atom stereocenters. The summed E-state index contributed by atoms with van der Waals surface area (Å²) < 4.78 is 24.2. The van der Waals surface area contributed by atoms with Gasteiger partial charge < -0.3 is 20.1 Å². The van der Waals surface area contributed by atoms with Gasteiger partial charge in [-0.05, 0) is 37.6 Å². The first-order valence-electron chi connectivity index (χ1n) is 7.12. The van der Waals surface area contributed by atoms with E-state index < -0.39 is 5.82 Å². The van der Waals surface area contributed by atoms with Crippen LogP contribution in [0.5, 0.6) is 5.75 Å². The Labute approximate surface area is 123 Å². The van der Waals surface area contributed by atoms with Gasteiger partial charge >= 0.3 is 0 Å². The quantitative estimate of drug-likeness (QED) is 0.828. The third kappa shape index (κ3) is 4.99. The highest BCUT2D eigenvalue weighted by Gasteiger charge is 2.16. The van der Waals surface area contributed by atoms with Gasteiger partial charge in [0.15, 0.2) is 18.2 Å². The van der Waals surface area contributed by atoms with Crippen molar-refractivity contribution in [3.8, 4) is 5.75 Å². The molecular formula is C15H21FN2O3. The predicted molar refractivity (Wildman–Crippen MR) is 76.6 cm³/mol. The minimum Gasteiger partial charge on any atom is -0.481 e. The Morgan fingerprint density at radius 2 is 2.19 bits per heavy atom. The summed E-state index contributed by atoms with van der Waals surface area (Å²) in [5, 5.41) is 5.81. The first kappa shape index (κ1) is 15.7. The molecule has 1 amide bonds. The maximum atomic E-state index is 13.8. The number of hydrogen-bond acceptors (Lipinski definition) is 4. The number of nitrogens with one attached hydrogen (secondary N) is 2. The van der Waals surface area contributed by atoms with E-state index in [0.29, 0.717) is 19.8 Å². The summed E-state index contributed by atoms with van der Waals surface area (Å²) in [7, 11) is 1.79. The van der Waals surface area contributed by atoms with E-state index in [-0.39, 0.29) is 24.3 Å². The average Bonchev–Trinajstić information content (AvgIpc) is 2.48. The van der Waals surface area contributed by atoms with Crippen LogP contribution in [0, 0.1) is 5.82 Å².